The smallest absolute Gasteiger partial charge is 0.189 e. The average molecular weight is 179 g/mol. The number of hydrogen-bond donors (Lipinski definition) is 2. The number of aliphatic imine (C=N–C) groups is 1. The summed E-state index contributed by atoms with van der Waals surface area (Å²) in [5.74, 6) is 0.641. The molecule has 2 aliphatic rings. The average Bonchev–Trinajstić information content (AvgIpc) is 2.90. The number of nitrogens with zero attached hydrogens (tertiary/aromatic N) is 1. The van der Waals surface area contributed by atoms with Crippen LogP contribution >= 0.6 is 0 Å². The van der Waals surface area contributed by atoms with E-state index in [4.69, 9.17) is 5.73 Å². The maximum absolute atomic E-state index is 5.76. The summed E-state index contributed by atoms with van der Waals surface area (Å²) in [6, 6.07) is 1.03. The summed E-state index contributed by atoms with van der Waals surface area (Å²) in [5.41, 5.74) is 5.76. The number of nitrogens with one attached hydrogen (secondary N) is 1. The molecule has 0 saturated heterocycles. The van der Waals surface area contributed by atoms with Gasteiger partial charge in [0, 0.05) is 6.04 Å². The van der Waals surface area contributed by atoms with Gasteiger partial charge in [-0.05, 0) is 32.1 Å². The van der Waals surface area contributed by atoms with Crippen LogP contribution in [0.15, 0.2) is 17.1 Å². The van der Waals surface area contributed by atoms with Crippen LogP contribution in [0.3, 0.4) is 0 Å². The molecule has 0 amide bonds. The van der Waals surface area contributed by atoms with Crippen molar-refractivity contribution in [1.29, 1.82) is 0 Å². The second-order valence-electron chi connectivity index (χ2n) is 3.87. The first-order valence-electron chi connectivity index (χ1n) is 5.09. The van der Waals surface area contributed by atoms with Crippen molar-refractivity contribution in [3.8, 4) is 0 Å². The quantitative estimate of drug-likeness (QED) is 0.380. The highest BCUT2D eigenvalue weighted by molar-refractivity contribution is 5.78. The van der Waals surface area contributed by atoms with Crippen molar-refractivity contribution in [2.24, 2.45) is 10.7 Å². The molecule has 1 unspecified atom stereocenters. The van der Waals surface area contributed by atoms with Crippen molar-refractivity contribution in [2.45, 2.75) is 44.2 Å². The summed E-state index contributed by atoms with van der Waals surface area (Å²) in [6.45, 7) is 0. The highest BCUT2D eigenvalue weighted by Gasteiger charge is 2.21. The number of rotatable bonds is 2. The zero-order valence-corrected chi connectivity index (χ0v) is 7.87. The topological polar surface area (TPSA) is 50.4 Å². The first-order chi connectivity index (χ1) is 6.34. The molecule has 0 bridgehead atoms. The van der Waals surface area contributed by atoms with Gasteiger partial charge in [-0.25, -0.2) is 0 Å². The summed E-state index contributed by atoms with van der Waals surface area (Å²) < 4.78 is 0. The molecule has 3 heteroatoms. The normalized spacial score (nSPS) is 28.9. The number of nitrogens with two attached hydrogens (primary N) is 1. The van der Waals surface area contributed by atoms with Gasteiger partial charge in [-0.1, -0.05) is 12.2 Å². The molecule has 3 N–H and O–H groups in total. The molecule has 0 aromatic rings. The number of hydrogen-bond acceptors (Lipinski definition) is 1. The molecule has 3 nitrogen and oxygen atoms in total. The summed E-state index contributed by atoms with van der Waals surface area (Å²) in [5, 5.41) is 3.27. The standard InChI is InChI=1S/C10H17N3/c11-10(13-9-6-7-9)12-8-4-2-1-3-5-8/h1-2,8-9H,3-7H2,(H3,11,12,13). The van der Waals surface area contributed by atoms with E-state index >= 15 is 0 Å². The Hall–Kier alpha value is -0.990. The molecule has 1 saturated carbocycles. The highest BCUT2D eigenvalue weighted by atomic mass is 15.1. The molecular weight excluding hydrogens is 162 g/mol. The predicted octanol–water partition coefficient (Wildman–Crippen LogP) is 1.16. The van der Waals surface area contributed by atoms with E-state index in [2.05, 4.69) is 22.5 Å². The van der Waals surface area contributed by atoms with E-state index in [1.807, 2.05) is 0 Å². The Morgan fingerprint density at radius 2 is 2.15 bits per heavy atom. The Bertz CT molecular complexity index is 228. The minimum atomic E-state index is 0.507. The van der Waals surface area contributed by atoms with Gasteiger partial charge in [0.25, 0.3) is 0 Å². The fourth-order valence-electron chi connectivity index (χ4n) is 1.57. The Morgan fingerprint density at radius 3 is 2.77 bits per heavy atom. The molecule has 13 heavy (non-hydrogen) atoms. The molecule has 2 rings (SSSR count). The van der Waals surface area contributed by atoms with Crippen LogP contribution in [0.2, 0.25) is 0 Å². The van der Waals surface area contributed by atoms with Crippen LogP contribution in [-0.4, -0.2) is 18.0 Å². The first kappa shape index (κ1) is 8.60. The van der Waals surface area contributed by atoms with Gasteiger partial charge in [0.2, 0.25) is 0 Å². The third-order valence-electron chi connectivity index (χ3n) is 2.49. The molecule has 0 radical (unpaired) electrons. The largest absolute Gasteiger partial charge is 0.370 e. The summed E-state index contributed by atoms with van der Waals surface area (Å²) in [4.78, 5) is 4.34. The Kier molecular flexibility index (Phi) is 2.52. The molecule has 0 aliphatic heterocycles. The minimum absolute atomic E-state index is 0.507. The second-order valence-corrected chi connectivity index (χ2v) is 3.87. The molecule has 0 spiro atoms. The van der Waals surface area contributed by atoms with Crippen LogP contribution in [0, 0.1) is 0 Å². The van der Waals surface area contributed by atoms with Gasteiger partial charge >= 0.3 is 0 Å². The highest BCUT2D eigenvalue weighted by Crippen LogP contribution is 2.23. The van der Waals surface area contributed by atoms with Crippen molar-refractivity contribution in [3.63, 3.8) is 0 Å². The molecule has 2 aliphatic carbocycles. The number of allylic oxidation sites excluding steroid dienone is 1. The minimum Gasteiger partial charge on any atom is -0.370 e. The molecule has 0 aromatic heterocycles. The van der Waals surface area contributed by atoms with Gasteiger partial charge in [-0.15, -0.1) is 0 Å². The molecule has 0 aromatic carbocycles. The molecule has 1 atom stereocenters. The van der Waals surface area contributed by atoms with Gasteiger partial charge in [-0.3, -0.25) is 4.99 Å². The van der Waals surface area contributed by atoms with E-state index in [0.717, 1.165) is 12.8 Å². The SMILES string of the molecule is NC(=NC1CC1)NC1CC=CCC1. The van der Waals surface area contributed by atoms with Gasteiger partial charge in [-0.2, -0.15) is 0 Å². The fraction of sp³-hybridized carbons (Fsp3) is 0.700. The first-order valence-corrected chi connectivity index (χ1v) is 5.09. The lowest BCUT2D eigenvalue weighted by Crippen LogP contribution is -2.40. The summed E-state index contributed by atoms with van der Waals surface area (Å²) >= 11 is 0. The van der Waals surface area contributed by atoms with E-state index < -0.39 is 0 Å². The summed E-state index contributed by atoms with van der Waals surface area (Å²) in [6.07, 6.45) is 10.3. The maximum atomic E-state index is 5.76. The maximum Gasteiger partial charge on any atom is 0.189 e. The van der Waals surface area contributed by atoms with Gasteiger partial charge in [0.1, 0.15) is 0 Å². The van der Waals surface area contributed by atoms with Crippen molar-refractivity contribution < 1.29 is 0 Å². The fourth-order valence-corrected chi connectivity index (χ4v) is 1.57. The Labute approximate surface area is 79.1 Å². The Balaban J connectivity index is 1.78. The van der Waals surface area contributed by atoms with Crippen molar-refractivity contribution in [2.75, 3.05) is 0 Å². The number of guanidine groups is 1. The summed E-state index contributed by atoms with van der Waals surface area (Å²) in [7, 11) is 0. The van der Waals surface area contributed by atoms with E-state index in [9.17, 15) is 0 Å². The molecule has 72 valence electrons. The molecule has 1 fully saturated rings. The monoisotopic (exact) mass is 179 g/mol. The second kappa shape index (κ2) is 3.81. The van der Waals surface area contributed by atoms with Crippen LogP contribution in [0.4, 0.5) is 0 Å². The Morgan fingerprint density at radius 1 is 1.31 bits per heavy atom. The third kappa shape index (κ3) is 2.76. The molecular formula is C10H17N3. The lowest BCUT2D eigenvalue weighted by Gasteiger charge is -2.19. The lowest BCUT2D eigenvalue weighted by atomic mass is 10.0. The molecule has 0 heterocycles. The van der Waals surface area contributed by atoms with Crippen molar-refractivity contribution >= 4 is 5.96 Å². The van der Waals surface area contributed by atoms with Crippen LogP contribution in [0.5, 0.6) is 0 Å². The zero-order chi connectivity index (χ0) is 9.10. The van der Waals surface area contributed by atoms with E-state index in [0.29, 0.717) is 18.0 Å². The van der Waals surface area contributed by atoms with Crippen LogP contribution < -0.4 is 11.1 Å². The van der Waals surface area contributed by atoms with Crippen LogP contribution in [0.1, 0.15) is 32.1 Å². The van der Waals surface area contributed by atoms with E-state index in [1.54, 1.807) is 0 Å². The van der Waals surface area contributed by atoms with Crippen molar-refractivity contribution in [3.05, 3.63) is 12.2 Å². The van der Waals surface area contributed by atoms with E-state index in [-0.39, 0.29) is 0 Å². The van der Waals surface area contributed by atoms with E-state index in [1.165, 1.54) is 19.3 Å². The van der Waals surface area contributed by atoms with Gasteiger partial charge < -0.3 is 11.1 Å². The zero-order valence-electron chi connectivity index (χ0n) is 7.87. The van der Waals surface area contributed by atoms with Gasteiger partial charge in [0.15, 0.2) is 5.96 Å². The third-order valence-corrected chi connectivity index (χ3v) is 2.49. The van der Waals surface area contributed by atoms with Crippen LogP contribution in [0.25, 0.3) is 0 Å². The van der Waals surface area contributed by atoms with Crippen molar-refractivity contribution in [1.82, 2.24) is 5.32 Å². The van der Waals surface area contributed by atoms with Gasteiger partial charge in [0.05, 0.1) is 6.04 Å². The van der Waals surface area contributed by atoms with Crippen LogP contribution in [-0.2, 0) is 0 Å². The lowest BCUT2D eigenvalue weighted by molar-refractivity contribution is 0.550. The predicted molar refractivity (Wildman–Crippen MR) is 54.6 cm³/mol.